The third-order valence-corrected chi connectivity index (χ3v) is 0.712. The molecule has 0 radical (unpaired) electrons. The van der Waals surface area contributed by atoms with E-state index in [0.717, 1.165) is 8.05 Å². The SMILES string of the molecule is BOC(=O)C(=O)OC(=O)C(=O)O. The molecule has 0 aliphatic rings. The van der Waals surface area contributed by atoms with E-state index in [1.165, 1.54) is 0 Å². The first-order chi connectivity index (χ1) is 5.49. The van der Waals surface area contributed by atoms with Crippen molar-refractivity contribution < 1.29 is 33.7 Å². The maximum absolute atomic E-state index is 10.3. The van der Waals surface area contributed by atoms with E-state index in [-0.39, 0.29) is 0 Å². The number of esters is 2. The maximum atomic E-state index is 10.3. The molecule has 12 heavy (non-hydrogen) atoms. The number of rotatable bonds is 0. The lowest BCUT2D eigenvalue weighted by atomic mass is 10.5. The summed E-state index contributed by atoms with van der Waals surface area (Å²) < 4.78 is 7.35. The van der Waals surface area contributed by atoms with Gasteiger partial charge in [0.25, 0.3) is 0 Å². The molecule has 0 aliphatic heterocycles. The van der Waals surface area contributed by atoms with Crippen LogP contribution in [0.15, 0.2) is 0 Å². The van der Waals surface area contributed by atoms with Crippen LogP contribution in [0.2, 0.25) is 0 Å². The molecule has 0 aromatic rings. The zero-order valence-corrected chi connectivity index (χ0v) is 5.90. The lowest BCUT2D eigenvalue weighted by Gasteiger charge is -1.96. The first-order valence-corrected chi connectivity index (χ1v) is 2.56. The Morgan fingerprint density at radius 1 is 1.00 bits per heavy atom. The van der Waals surface area contributed by atoms with E-state index < -0.39 is 23.9 Å². The average Bonchev–Trinajstić information content (AvgIpc) is 2.02. The Labute approximate surface area is 66.7 Å². The molecule has 0 aromatic carbocycles. The fraction of sp³-hybridized carbons (Fsp3) is 0. The van der Waals surface area contributed by atoms with E-state index in [2.05, 4.69) is 9.39 Å². The summed E-state index contributed by atoms with van der Waals surface area (Å²) >= 11 is 0. The van der Waals surface area contributed by atoms with Crippen LogP contribution in [0.1, 0.15) is 0 Å². The lowest BCUT2D eigenvalue weighted by molar-refractivity contribution is -0.175. The van der Waals surface area contributed by atoms with Crippen molar-refractivity contribution in [3.8, 4) is 0 Å². The van der Waals surface area contributed by atoms with Crippen LogP contribution in [0.25, 0.3) is 0 Å². The molecule has 7 nitrogen and oxygen atoms in total. The van der Waals surface area contributed by atoms with Gasteiger partial charge in [-0.1, -0.05) is 0 Å². The molecule has 0 aliphatic carbocycles. The minimum absolute atomic E-state index is 0.884. The fourth-order valence-electron chi connectivity index (χ4n) is 0.253. The van der Waals surface area contributed by atoms with Crippen molar-refractivity contribution in [3.63, 3.8) is 0 Å². The largest absolute Gasteiger partial charge is 0.535 e. The quantitative estimate of drug-likeness (QED) is 0.183. The average molecular weight is 174 g/mol. The van der Waals surface area contributed by atoms with Crippen LogP contribution in [0.4, 0.5) is 0 Å². The van der Waals surface area contributed by atoms with Crippen LogP contribution in [0.3, 0.4) is 0 Å². The predicted octanol–water partition coefficient (Wildman–Crippen LogP) is -2.77. The normalized spacial score (nSPS) is 8.33. The fourth-order valence-corrected chi connectivity index (χ4v) is 0.253. The highest BCUT2D eigenvalue weighted by Crippen LogP contribution is 1.83. The van der Waals surface area contributed by atoms with Crippen molar-refractivity contribution in [2.24, 2.45) is 0 Å². The van der Waals surface area contributed by atoms with Crippen LogP contribution >= 0.6 is 0 Å². The minimum Gasteiger partial charge on any atom is -0.535 e. The van der Waals surface area contributed by atoms with Crippen LogP contribution in [-0.4, -0.2) is 37.0 Å². The molecule has 64 valence electrons. The number of carboxylic acids is 1. The van der Waals surface area contributed by atoms with Crippen LogP contribution in [-0.2, 0) is 28.6 Å². The first kappa shape index (κ1) is 10.1. The number of hydrogen-bond acceptors (Lipinski definition) is 6. The van der Waals surface area contributed by atoms with Crippen molar-refractivity contribution in [2.45, 2.75) is 0 Å². The second-order valence-electron chi connectivity index (χ2n) is 1.47. The Kier molecular flexibility index (Phi) is 3.48. The highest BCUT2D eigenvalue weighted by atomic mass is 16.6. The van der Waals surface area contributed by atoms with Crippen LogP contribution in [0, 0.1) is 0 Å². The number of ether oxygens (including phenoxy) is 1. The van der Waals surface area contributed by atoms with E-state index in [1.807, 2.05) is 0 Å². The molecule has 0 saturated heterocycles. The molecule has 0 bridgehead atoms. The molecule has 1 N–H and O–H groups in total. The highest BCUT2D eigenvalue weighted by molar-refractivity contribution is 6.40. The summed E-state index contributed by atoms with van der Waals surface area (Å²) in [5.41, 5.74) is 0. The Morgan fingerprint density at radius 3 is 1.83 bits per heavy atom. The molecule has 0 aromatic heterocycles. The van der Waals surface area contributed by atoms with Gasteiger partial charge in [-0.05, 0) is 0 Å². The summed E-state index contributed by atoms with van der Waals surface area (Å²) in [4.78, 5) is 40.4. The molecule has 0 saturated carbocycles. The number of carbonyl (C=O) groups is 4. The lowest BCUT2D eigenvalue weighted by Crippen LogP contribution is -2.26. The van der Waals surface area contributed by atoms with Crippen molar-refractivity contribution in [1.82, 2.24) is 0 Å². The number of carbonyl (C=O) groups excluding carboxylic acids is 3. The van der Waals surface area contributed by atoms with Crippen LogP contribution < -0.4 is 0 Å². The van der Waals surface area contributed by atoms with E-state index >= 15 is 0 Å². The maximum Gasteiger partial charge on any atom is 0.425 e. The van der Waals surface area contributed by atoms with Crippen molar-refractivity contribution in [3.05, 3.63) is 0 Å². The smallest absolute Gasteiger partial charge is 0.425 e. The first-order valence-electron chi connectivity index (χ1n) is 2.56. The van der Waals surface area contributed by atoms with Gasteiger partial charge in [-0.25, -0.2) is 19.2 Å². The predicted molar refractivity (Wildman–Crippen MR) is 33.4 cm³/mol. The van der Waals surface area contributed by atoms with Crippen molar-refractivity contribution in [2.75, 3.05) is 0 Å². The second kappa shape index (κ2) is 4.11. The van der Waals surface area contributed by atoms with E-state index in [0.29, 0.717) is 0 Å². The van der Waals surface area contributed by atoms with Gasteiger partial charge in [-0.3, -0.25) is 0 Å². The van der Waals surface area contributed by atoms with Gasteiger partial charge in [-0.2, -0.15) is 0 Å². The molecule has 0 atom stereocenters. The highest BCUT2D eigenvalue weighted by Gasteiger charge is 2.23. The van der Waals surface area contributed by atoms with Gasteiger partial charge < -0.3 is 14.5 Å². The summed E-state index contributed by atoms with van der Waals surface area (Å²) in [6, 6.07) is 0. The topological polar surface area (TPSA) is 107 Å². The second-order valence-corrected chi connectivity index (χ2v) is 1.47. The van der Waals surface area contributed by atoms with Gasteiger partial charge in [0, 0.05) is 0 Å². The Morgan fingerprint density at radius 2 is 1.50 bits per heavy atom. The van der Waals surface area contributed by atoms with E-state index in [4.69, 9.17) is 5.11 Å². The molecular formula is C4H3BO7. The molecule has 0 heterocycles. The summed E-state index contributed by atoms with van der Waals surface area (Å²) in [5.74, 6) is -6.90. The van der Waals surface area contributed by atoms with E-state index in [9.17, 15) is 19.2 Å². The summed E-state index contributed by atoms with van der Waals surface area (Å²) in [5, 5.41) is 7.91. The Balaban J connectivity index is 4.11. The van der Waals surface area contributed by atoms with Gasteiger partial charge in [0.1, 0.15) is 0 Å². The molecule has 0 spiro atoms. The Hall–Kier alpha value is -1.86. The van der Waals surface area contributed by atoms with Gasteiger partial charge >= 0.3 is 31.9 Å². The van der Waals surface area contributed by atoms with Gasteiger partial charge in [0.2, 0.25) is 0 Å². The third kappa shape index (κ3) is 2.82. The zero-order valence-electron chi connectivity index (χ0n) is 5.90. The van der Waals surface area contributed by atoms with Crippen molar-refractivity contribution >= 4 is 31.9 Å². The third-order valence-electron chi connectivity index (χ3n) is 0.712. The molecule has 8 heteroatoms. The Bertz CT molecular complexity index is 244. The van der Waals surface area contributed by atoms with E-state index in [1.54, 1.807) is 0 Å². The van der Waals surface area contributed by atoms with Crippen LogP contribution in [0.5, 0.6) is 0 Å². The molecule has 0 unspecified atom stereocenters. The molecule has 0 rings (SSSR count). The van der Waals surface area contributed by atoms with Gasteiger partial charge in [0.15, 0.2) is 0 Å². The van der Waals surface area contributed by atoms with Crippen molar-refractivity contribution in [1.29, 1.82) is 0 Å². The summed E-state index contributed by atoms with van der Waals surface area (Å²) in [7, 11) is 0.884. The summed E-state index contributed by atoms with van der Waals surface area (Å²) in [6.07, 6.45) is 0. The number of hydrogen-bond donors (Lipinski definition) is 1. The number of carboxylic acid groups (broad SMARTS) is 1. The zero-order chi connectivity index (χ0) is 9.72. The number of aliphatic carboxylic acids is 1. The molecule has 0 amide bonds. The van der Waals surface area contributed by atoms with Gasteiger partial charge in [-0.15, -0.1) is 0 Å². The summed E-state index contributed by atoms with van der Waals surface area (Å²) in [6.45, 7) is 0. The van der Waals surface area contributed by atoms with Gasteiger partial charge in [0.05, 0.1) is 0 Å². The monoisotopic (exact) mass is 174 g/mol. The molecule has 0 fully saturated rings. The minimum atomic E-state index is -1.97. The standard InChI is InChI=1S/C4H3BO7/c5-12-4(10)3(9)11-2(8)1(6)7/h5H2,(H,6,7). The molecular weight excluding hydrogens is 171 g/mol.